The Hall–Kier alpha value is -0.270. The molecule has 0 bridgehead atoms. The van der Waals surface area contributed by atoms with Gasteiger partial charge < -0.3 is 25.8 Å². The van der Waals surface area contributed by atoms with Gasteiger partial charge in [-0.25, -0.2) is 4.39 Å². The Morgan fingerprint density at radius 1 is 1.42 bits per heavy atom. The Balaban J connectivity index is 2.63. The number of aliphatic hydroxyl groups excluding tert-OH is 3. The molecule has 0 aliphatic carbocycles. The van der Waals surface area contributed by atoms with Crippen molar-refractivity contribution in [1.29, 1.82) is 0 Å². The lowest BCUT2D eigenvalue weighted by atomic mass is 9.99. The largest absolute Gasteiger partial charge is 0.394 e. The van der Waals surface area contributed by atoms with Crippen LogP contribution in [0.3, 0.4) is 0 Å². The van der Waals surface area contributed by atoms with Crippen molar-refractivity contribution in [3.05, 3.63) is 0 Å². The van der Waals surface area contributed by atoms with Crippen molar-refractivity contribution in [2.75, 3.05) is 6.61 Å². The van der Waals surface area contributed by atoms with Crippen LogP contribution >= 0.6 is 0 Å². The molecule has 5 nitrogen and oxygen atoms in total. The maximum absolute atomic E-state index is 12.9. The number of hydrogen-bond donors (Lipinski definition) is 4. The van der Waals surface area contributed by atoms with Gasteiger partial charge in [0.15, 0.2) is 6.29 Å². The van der Waals surface area contributed by atoms with Gasteiger partial charge in [0.25, 0.3) is 0 Å². The molecule has 12 heavy (non-hydrogen) atoms. The van der Waals surface area contributed by atoms with Crippen molar-refractivity contribution in [2.24, 2.45) is 5.73 Å². The highest BCUT2D eigenvalue weighted by Crippen LogP contribution is 2.20. The first kappa shape index (κ1) is 9.82. The van der Waals surface area contributed by atoms with Crippen LogP contribution in [0.25, 0.3) is 0 Å². The fourth-order valence-electron chi connectivity index (χ4n) is 1.09. The molecule has 1 saturated heterocycles. The third-order valence-corrected chi connectivity index (χ3v) is 1.90. The maximum atomic E-state index is 12.9. The number of halogens is 1. The molecular weight excluding hydrogens is 169 g/mol. The fourth-order valence-corrected chi connectivity index (χ4v) is 1.09. The van der Waals surface area contributed by atoms with E-state index in [1.807, 2.05) is 0 Å². The zero-order chi connectivity index (χ0) is 9.30. The van der Waals surface area contributed by atoms with Crippen LogP contribution in [0.15, 0.2) is 0 Å². The summed E-state index contributed by atoms with van der Waals surface area (Å²) in [6, 6.07) is -1.26. The standard InChI is InChI=1S/C6H12FNO4/c7-3-4(8)6(11)12-2(1-9)5(3)10/h2-6,9-11H,1,8H2/t2-,3-,4-,5-,6?/m1/s1. The topological polar surface area (TPSA) is 95.9 Å². The van der Waals surface area contributed by atoms with Crippen molar-refractivity contribution >= 4 is 0 Å². The van der Waals surface area contributed by atoms with Gasteiger partial charge in [0.2, 0.25) is 0 Å². The van der Waals surface area contributed by atoms with E-state index in [1.165, 1.54) is 0 Å². The molecule has 1 heterocycles. The molecule has 1 aliphatic rings. The third-order valence-electron chi connectivity index (χ3n) is 1.90. The SMILES string of the molecule is N[C@H]1C(O)O[C@H](CO)[C@@H](O)[C@@H]1F. The van der Waals surface area contributed by atoms with E-state index in [-0.39, 0.29) is 0 Å². The molecule has 0 spiro atoms. The Kier molecular flexibility index (Phi) is 2.97. The number of alkyl halides is 1. The molecule has 0 amide bonds. The van der Waals surface area contributed by atoms with Gasteiger partial charge in [-0.1, -0.05) is 0 Å². The molecule has 1 aliphatic heterocycles. The summed E-state index contributed by atoms with van der Waals surface area (Å²) in [5.41, 5.74) is 5.14. The van der Waals surface area contributed by atoms with Crippen LogP contribution < -0.4 is 5.73 Å². The highest BCUT2D eigenvalue weighted by Gasteiger charge is 2.42. The molecule has 5 N–H and O–H groups in total. The van der Waals surface area contributed by atoms with E-state index in [9.17, 15) is 4.39 Å². The molecule has 0 aromatic heterocycles. The Morgan fingerprint density at radius 3 is 2.50 bits per heavy atom. The van der Waals surface area contributed by atoms with Crippen LogP contribution in [0.4, 0.5) is 4.39 Å². The molecule has 1 fully saturated rings. The minimum Gasteiger partial charge on any atom is -0.394 e. The second kappa shape index (κ2) is 3.63. The number of rotatable bonds is 1. The molecule has 5 atom stereocenters. The van der Waals surface area contributed by atoms with E-state index < -0.39 is 37.3 Å². The first-order valence-corrected chi connectivity index (χ1v) is 3.60. The van der Waals surface area contributed by atoms with Crippen LogP contribution in [-0.4, -0.2) is 52.6 Å². The maximum Gasteiger partial charge on any atom is 0.173 e. The van der Waals surface area contributed by atoms with E-state index >= 15 is 0 Å². The summed E-state index contributed by atoms with van der Waals surface area (Å²) in [5.74, 6) is 0. The highest BCUT2D eigenvalue weighted by molar-refractivity contribution is 4.90. The van der Waals surface area contributed by atoms with Crippen molar-refractivity contribution in [3.63, 3.8) is 0 Å². The van der Waals surface area contributed by atoms with Crippen molar-refractivity contribution < 1.29 is 24.4 Å². The first-order chi connectivity index (χ1) is 5.57. The first-order valence-electron chi connectivity index (χ1n) is 3.60. The van der Waals surface area contributed by atoms with Crippen molar-refractivity contribution in [1.82, 2.24) is 0 Å². The smallest absolute Gasteiger partial charge is 0.173 e. The van der Waals surface area contributed by atoms with E-state index in [2.05, 4.69) is 4.74 Å². The predicted octanol–water partition coefficient (Wildman–Crippen LogP) is -2.28. The number of nitrogens with two attached hydrogens (primary N) is 1. The molecule has 0 saturated carbocycles. The fraction of sp³-hybridized carbons (Fsp3) is 1.00. The van der Waals surface area contributed by atoms with Gasteiger partial charge in [-0.3, -0.25) is 0 Å². The molecule has 6 heteroatoms. The predicted molar refractivity (Wildman–Crippen MR) is 36.8 cm³/mol. The molecule has 0 radical (unpaired) electrons. The summed E-state index contributed by atoms with van der Waals surface area (Å²) in [6.07, 6.45) is -5.82. The minimum atomic E-state index is -1.77. The summed E-state index contributed by atoms with van der Waals surface area (Å²) < 4.78 is 17.6. The summed E-state index contributed by atoms with van der Waals surface area (Å²) in [4.78, 5) is 0. The van der Waals surface area contributed by atoms with Crippen LogP contribution in [-0.2, 0) is 4.74 Å². The van der Waals surface area contributed by atoms with Crippen LogP contribution in [0.1, 0.15) is 0 Å². The number of ether oxygens (including phenoxy) is 1. The summed E-state index contributed by atoms with van der Waals surface area (Å²) >= 11 is 0. The highest BCUT2D eigenvalue weighted by atomic mass is 19.1. The molecular formula is C6H12FNO4. The van der Waals surface area contributed by atoms with Gasteiger partial charge in [-0.05, 0) is 0 Å². The second-order valence-electron chi connectivity index (χ2n) is 2.76. The van der Waals surface area contributed by atoms with E-state index in [4.69, 9.17) is 21.1 Å². The monoisotopic (exact) mass is 181 g/mol. The van der Waals surface area contributed by atoms with E-state index in [0.29, 0.717) is 0 Å². The van der Waals surface area contributed by atoms with Gasteiger partial charge >= 0.3 is 0 Å². The molecule has 72 valence electrons. The minimum absolute atomic E-state index is 0.550. The lowest BCUT2D eigenvalue weighted by Crippen LogP contribution is -2.60. The zero-order valence-corrected chi connectivity index (χ0v) is 6.30. The molecule has 0 aromatic rings. The van der Waals surface area contributed by atoms with Gasteiger partial charge in [-0.2, -0.15) is 0 Å². The van der Waals surface area contributed by atoms with Crippen molar-refractivity contribution in [3.8, 4) is 0 Å². The Bertz CT molecular complexity index is 154. The zero-order valence-electron chi connectivity index (χ0n) is 6.30. The van der Waals surface area contributed by atoms with Crippen LogP contribution in [0, 0.1) is 0 Å². The summed E-state index contributed by atoms with van der Waals surface area (Å²) in [7, 11) is 0. The lowest BCUT2D eigenvalue weighted by molar-refractivity contribution is -0.237. The number of hydrogen-bond acceptors (Lipinski definition) is 5. The van der Waals surface area contributed by atoms with E-state index in [1.54, 1.807) is 0 Å². The van der Waals surface area contributed by atoms with Crippen molar-refractivity contribution in [2.45, 2.75) is 30.7 Å². The summed E-state index contributed by atoms with van der Waals surface area (Å²) in [5, 5.41) is 26.6. The molecule has 1 unspecified atom stereocenters. The summed E-state index contributed by atoms with van der Waals surface area (Å²) in [6.45, 7) is -0.550. The van der Waals surface area contributed by atoms with Gasteiger partial charge in [0, 0.05) is 0 Å². The normalized spacial score (nSPS) is 49.2. The Morgan fingerprint density at radius 2 is 2.00 bits per heavy atom. The molecule has 0 aromatic carbocycles. The number of aliphatic hydroxyl groups is 3. The third kappa shape index (κ3) is 1.57. The van der Waals surface area contributed by atoms with Crippen LogP contribution in [0.5, 0.6) is 0 Å². The van der Waals surface area contributed by atoms with E-state index in [0.717, 1.165) is 0 Å². The average Bonchev–Trinajstić information content (AvgIpc) is 2.08. The van der Waals surface area contributed by atoms with Gasteiger partial charge in [-0.15, -0.1) is 0 Å². The van der Waals surface area contributed by atoms with Crippen LogP contribution in [0.2, 0.25) is 0 Å². The van der Waals surface area contributed by atoms with Gasteiger partial charge in [0.05, 0.1) is 12.6 Å². The molecule has 1 rings (SSSR count). The average molecular weight is 181 g/mol. The quantitative estimate of drug-likeness (QED) is 0.365. The lowest BCUT2D eigenvalue weighted by Gasteiger charge is -2.36. The Labute approximate surface area is 68.6 Å². The second-order valence-corrected chi connectivity index (χ2v) is 2.76. The van der Waals surface area contributed by atoms with Gasteiger partial charge in [0.1, 0.15) is 18.4 Å².